The van der Waals surface area contributed by atoms with Gasteiger partial charge in [0.2, 0.25) is 0 Å². The van der Waals surface area contributed by atoms with Crippen LogP contribution in [0, 0.1) is 6.92 Å². The summed E-state index contributed by atoms with van der Waals surface area (Å²) in [5.41, 5.74) is 2.51. The molecule has 2 aliphatic rings. The topological polar surface area (TPSA) is 23.5 Å². The molecule has 0 spiro atoms. The lowest BCUT2D eigenvalue weighted by molar-refractivity contribution is -0.210. The van der Waals surface area contributed by atoms with Gasteiger partial charge in [0.15, 0.2) is 6.10 Å². The number of fused-ring (bicyclic) bond motifs is 2. The summed E-state index contributed by atoms with van der Waals surface area (Å²) in [6.07, 6.45) is -3.08. The van der Waals surface area contributed by atoms with Crippen LogP contribution >= 0.6 is 0 Å². The van der Waals surface area contributed by atoms with Crippen molar-refractivity contribution >= 4 is 0 Å². The van der Waals surface area contributed by atoms with Crippen molar-refractivity contribution < 1.29 is 18.3 Å². The molecule has 2 bridgehead atoms. The lowest BCUT2D eigenvalue weighted by Crippen LogP contribution is -2.49. The van der Waals surface area contributed by atoms with Crippen LogP contribution in [0.5, 0.6) is 0 Å². The summed E-state index contributed by atoms with van der Waals surface area (Å²) in [6, 6.07) is 8.80. The number of aryl methyl sites for hydroxylation is 1. The average Bonchev–Trinajstić information content (AvgIpc) is 2.69. The van der Waals surface area contributed by atoms with E-state index in [0.29, 0.717) is 5.92 Å². The molecule has 1 aromatic rings. The molecule has 22 heavy (non-hydrogen) atoms. The highest BCUT2D eigenvalue weighted by Gasteiger charge is 2.46. The van der Waals surface area contributed by atoms with Gasteiger partial charge in [0.1, 0.15) is 0 Å². The molecule has 4 atom stereocenters. The summed E-state index contributed by atoms with van der Waals surface area (Å²) in [4.78, 5) is 1.89. The number of piperidine rings is 1. The van der Waals surface area contributed by atoms with Gasteiger partial charge in [0.05, 0.1) is 0 Å². The van der Waals surface area contributed by atoms with Crippen LogP contribution in [0.4, 0.5) is 13.2 Å². The zero-order chi connectivity index (χ0) is 15.9. The Morgan fingerprint density at radius 2 is 1.68 bits per heavy atom. The maximum absolute atomic E-state index is 12.6. The molecule has 2 saturated heterocycles. The Hall–Kier alpha value is -1.07. The Morgan fingerprint density at radius 3 is 2.18 bits per heavy atom. The number of aliphatic hydroxyl groups excluding tert-OH is 1. The van der Waals surface area contributed by atoms with E-state index in [0.717, 1.165) is 25.7 Å². The van der Waals surface area contributed by atoms with Crippen molar-refractivity contribution in [1.82, 2.24) is 4.90 Å². The zero-order valence-electron chi connectivity index (χ0n) is 12.7. The largest absolute Gasteiger partial charge is 0.415 e. The number of aliphatic hydroxyl groups is 1. The van der Waals surface area contributed by atoms with Gasteiger partial charge in [0, 0.05) is 18.6 Å². The van der Waals surface area contributed by atoms with E-state index < -0.39 is 12.3 Å². The van der Waals surface area contributed by atoms with Gasteiger partial charge in [-0.15, -0.1) is 0 Å². The monoisotopic (exact) mass is 313 g/mol. The van der Waals surface area contributed by atoms with Gasteiger partial charge in [0.25, 0.3) is 0 Å². The summed E-state index contributed by atoms with van der Waals surface area (Å²) in [5.74, 6) is 0.428. The molecule has 2 aliphatic heterocycles. The summed E-state index contributed by atoms with van der Waals surface area (Å²) in [7, 11) is 0. The Bertz CT molecular complexity index is 500. The molecular formula is C17H22F3NO. The molecule has 0 saturated carbocycles. The Morgan fingerprint density at radius 1 is 1.14 bits per heavy atom. The predicted octanol–water partition coefficient (Wildman–Crippen LogP) is 3.63. The number of alkyl halides is 3. The van der Waals surface area contributed by atoms with Crippen LogP contribution in [0.2, 0.25) is 0 Å². The van der Waals surface area contributed by atoms with Crippen LogP contribution in [0.15, 0.2) is 24.3 Å². The van der Waals surface area contributed by atoms with Gasteiger partial charge < -0.3 is 5.11 Å². The van der Waals surface area contributed by atoms with Crippen molar-refractivity contribution in [3.8, 4) is 0 Å². The Balaban J connectivity index is 1.67. The van der Waals surface area contributed by atoms with Crippen LogP contribution < -0.4 is 0 Å². The molecule has 0 radical (unpaired) electrons. The van der Waals surface area contributed by atoms with Crippen LogP contribution in [0.1, 0.15) is 42.7 Å². The first-order valence-corrected chi connectivity index (χ1v) is 7.91. The van der Waals surface area contributed by atoms with E-state index in [2.05, 4.69) is 31.2 Å². The molecule has 1 aromatic carbocycles. The summed E-state index contributed by atoms with van der Waals surface area (Å²) < 4.78 is 37.7. The van der Waals surface area contributed by atoms with Crippen molar-refractivity contribution in [2.45, 2.75) is 62.9 Å². The van der Waals surface area contributed by atoms with Crippen LogP contribution in [0.3, 0.4) is 0 Å². The number of halogens is 3. The molecular weight excluding hydrogens is 291 g/mol. The lowest BCUT2D eigenvalue weighted by atomic mass is 9.84. The van der Waals surface area contributed by atoms with Gasteiger partial charge in [-0.1, -0.05) is 29.8 Å². The second kappa shape index (κ2) is 5.85. The van der Waals surface area contributed by atoms with E-state index in [1.165, 1.54) is 11.1 Å². The quantitative estimate of drug-likeness (QED) is 0.921. The summed E-state index contributed by atoms with van der Waals surface area (Å²) in [6.45, 7) is 1.77. The molecule has 3 rings (SSSR count). The second-order valence-electron chi connectivity index (χ2n) is 6.72. The SMILES string of the molecule is Cc1ccc([C@@H]2C[C@H]3CC[C@@H](C2)N3CC(O)C(F)(F)F)cc1. The fraction of sp³-hybridized carbons (Fsp3) is 0.647. The molecule has 2 heterocycles. The van der Waals surface area contributed by atoms with E-state index in [-0.39, 0.29) is 18.6 Å². The summed E-state index contributed by atoms with van der Waals surface area (Å²) in [5, 5.41) is 9.35. The molecule has 0 amide bonds. The van der Waals surface area contributed by atoms with Crippen molar-refractivity contribution in [2.24, 2.45) is 0 Å². The fourth-order valence-corrected chi connectivity index (χ4v) is 3.99. The van der Waals surface area contributed by atoms with Gasteiger partial charge in [-0.2, -0.15) is 13.2 Å². The number of rotatable bonds is 3. The maximum atomic E-state index is 12.6. The van der Waals surface area contributed by atoms with Gasteiger partial charge >= 0.3 is 6.18 Å². The molecule has 1 unspecified atom stereocenters. The molecule has 1 N–H and O–H groups in total. The highest BCUT2D eigenvalue weighted by Crippen LogP contribution is 2.43. The van der Waals surface area contributed by atoms with Crippen molar-refractivity contribution in [1.29, 1.82) is 0 Å². The number of hydrogen-bond donors (Lipinski definition) is 1. The first-order valence-electron chi connectivity index (χ1n) is 7.91. The Kier molecular flexibility index (Phi) is 4.21. The predicted molar refractivity (Wildman–Crippen MR) is 78.7 cm³/mol. The number of hydrogen-bond acceptors (Lipinski definition) is 2. The minimum absolute atomic E-state index is 0.169. The standard InChI is InChI=1S/C17H22F3NO/c1-11-2-4-12(5-3-11)13-8-14-6-7-15(9-13)21(14)10-16(22)17(18,19)20/h2-5,13-16,22H,6-10H2,1H3/t13-,14-,15+,16?. The van der Waals surface area contributed by atoms with E-state index in [1.807, 2.05) is 4.90 Å². The van der Waals surface area contributed by atoms with E-state index >= 15 is 0 Å². The van der Waals surface area contributed by atoms with Gasteiger partial charge in [-0.3, -0.25) is 4.90 Å². The van der Waals surface area contributed by atoms with Crippen molar-refractivity contribution in [2.75, 3.05) is 6.54 Å². The third kappa shape index (κ3) is 3.15. The van der Waals surface area contributed by atoms with Gasteiger partial charge in [-0.05, 0) is 44.1 Å². The first kappa shape index (κ1) is 15.8. The third-order valence-corrected chi connectivity index (χ3v) is 5.19. The smallest absolute Gasteiger partial charge is 0.382 e. The van der Waals surface area contributed by atoms with Crippen LogP contribution in [-0.2, 0) is 0 Å². The van der Waals surface area contributed by atoms with Crippen LogP contribution in [-0.4, -0.2) is 40.9 Å². The second-order valence-corrected chi connectivity index (χ2v) is 6.72. The molecule has 0 aromatic heterocycles. The lowest BCUT2D eigenvalue weighted by Gasteiger charge is -2.40. The van der Waals surface area contributed by atoms with E-state index in [1.54, 1.807) is 0 Å². The minimum Gasteiger partial charge on any atom is -0.382 e. The highest BCUT2D eigenvalue weighted by atomic mass is 19.4. The van der Waals surface area contributed by atoms with E-state index in [9.17, 15) is 18.3 Å². The molecule has 2 fully saturated rings. The maximum Gasteiger partial charge on any atom is 0.415 e. The van der Waals surface area contributed by atoms with E-state index in [4.69, 9.17) is 0 Å². The average molecular weight is 313 g/mol. The van der Waals surface area contributed by atoms with Crippen molar-refractivity contribution in [3.63, 3.8) is 0 Å². The number of nitrogens with zero attached hydrogens (tertiary/aromatic N) is 1. The van der Waals surface area contributed by atoms with Gasteiger partial charge in [-0.25, -0.2) is 0 Å². The van der Waals surface area contributed by atoms with Crippen LogP contribution in [0.25, 0.3) is 0 Å². The number of benzene rings is 1. The summed E-state index contributed by atoms with van der Waals surface area (Å²) >= 11 is 0. The normalized spacial score (nSPS) is 30.5. The zero-order valence-corrected chi connectivity index (χ0v) is 12.7. The molecule has 0 aliphatic carbocycles. The Labute approximate surface area is 128 Å². The first-order chi connectivity index (χ1) is 10.3. The fourth-order valence-electron chi connectivity index (χ4n) is 3.99. The molecule has 122 valence electrons. The molecule has 5 heteroatoms. The minimum atomic E-state index is -4.52. The van der Waals surface area contributed by atoms with Crippen molar-refractivity contribution in [3.05, 3.63) is 35.4 Å². The third-order valence-electron chi connectivity index (χ3n) is 5.19. The highest BCUT2D eigenvalue weighted by molar-refractivity contribution is 5.26. The molecule has 2 nitrogen and oxygen atoms in total.